The highest BCUT2D eigenvalue weighted by atomic mass is 16.2. The van der Waals surface area contributed by atoms with E-state index in [9.17, 15) is 4.79 Å². The van der Waals surface area contributed by atoms with Gasteiger partial charge in [0.25, 0.3) is 0 Å². The number of anilines is 2. The zero-order valence-electron chi connectivity index (χ0n) is 15.9. The van der Waals surface area contributed by atoms with E-state index in [0.717, 1.165) is 47.7 Å². The van der Waals surface area contributed by atoms with E-state index in [1.165, 1.54) is 5.69 Å². The summed E-state index contributed by atoms with van der Waals surface area (Å²) in [4.78, 5) is 13.7. The van der Waals surface area contributed by atoms with Crippen LogP contribution in [0.5, 0.6) is 0 Å². The molecule has 0 atom stereocenters. The SMILES string of the molecule is CCn1nc(Nc2cccc(-c3cnn(C)c3)c2)c2c1CCN(C(C)=O)C2. The molecule has 4 rings (SSSR count). The maximum absolute atomic E-state index is 11.8. The number of hydrogen-bond donors (Lipinski definition) is 1. The second-order valence-corrected chi connectivity index (χ2v) is 6.89. The Morgan fingerprint density at radius 2 is 2.15 bits per heavy atom. The minimum absolute atomic E-state index is 0.106. The van der Waals surface area contributed by atoms with Crippen LogP contribution in [0, 0.1) is 0 Å². The van der Waals surface area contributed by atoms with Gasteiger partial charge in [-0.2, -0.15) is 10.2 Å². The van der Waals surface area contributed by atoms with Gasteiger partial charge < -0.3 is 10.2 Å². The standard InChI is InChI=1S/C20H24N6O/c1-4-26-19-8-9-25(14(2)27)13-18(19)20(23-26)22-17-7-5-6-15(10-17)16-11-21-24(3)12-16/h5-7,10-12H,4,8-9,13H2,1-3H3,(H,22,23). The smallest absolute Gasteiger partial charge is 0.219 e. The van der Waals surface area contributed by atoms with Crippen LogP contribution in [-0.4, -0.2) is 36.9 Å². The van der Waals surface area contributed by atoms with Crippen LogP contribution >= 0.6 is 0 Å². The van der Waals surface area contributed by atoms with Crippen LogP contribution in [0.1, 0.15) is 25.1 Å². The second-order valence-electron chi connectivity index (χ2n) is 6.89. The van der Waals surface area contributed by atoms with Crippen LogP contribution < -0.4 is 5.32 Å². The summed E-state index contributed by atoms with van der Waals surface area (Å²) in [7, 11) is 1.91. The molecule has 0 aliphatic carbocycles. The van der Waals surface area contributed by atoms with Crippen molar-refractivity contribution in [3.63, 3.8) is 0 Å². The molecule has 0 fully saturated rings. The lowest BCUT2D eigenvalue weighted by Gasteiger charge is -2.26. The first kappa shape index (κ1) is 17.3. The van der Waals surface area contributed by atoms with Gasteiger partial charge in [0.2, 0.25) is 5.91 Å². The summed E-state index contributed by atoms with van der Waals surface area (Å²) >= 11 is 0. The Morgan fingerprint density at radius 3 is 2.85 bits per heavy atom. The second kappa shape index (κ2) is 6.90. The molecule has 1 amide bonds. The summed E-state index contributed by atoms with van der Waals surface area (Å²) < 4.78 is 3.84. The Labute approximate surface area is 158 Å². The highest BCUT2D eigenvalue weighted by Gasteiger charge is 2.25. The molecule has 1 aliphatic rings. The quantitative estimate of drug-likeness (QED) is 0.773. The van der Waals surface area contributed by atoms with E-state index in [2.05, 4.69) is 29.5 Å². The van der Waals surface area contributed by atoms with Crippen LogP contribution in [0.25, 0.3) is 11.1 Å². The Hall–Kier alpha value is -3.09. The highest BCUT2D eigenvalue weighted by molar-refractivity contribution is 5.75. The van der Waals surface area contributed by atoms with Crippen LogP contribution in [0.2, 0.25) is 0 Å². The minimum Gasteiger partial charge on any atom is -0.338 e. The molecular formula is C20H24N6O. The number of nitrogens with one attached hydrogen (secondary N) is 1. The molecule has 3 aromatic rings. The summed E-state index contributed by atoms with van der Waals surface area (Å²) in [6.07, 6.45) is 4.70. The van der Waals surface area contributed by atoms with E-state index in [1.807, 2.05) is 41.2 Å². The largest absolute Gasteiger partial charge is 0.338 e. The Bertz CT molecular complexity index is 986. The summed E-state index contributed by atoms with van der Waals surface area (Å²) in [5.74, 6) is 0.940. The van der Waals surface area contributed by atoms with Gasteiger partial charge in [-0.3, -0.25) is 14.2 Å². The number of fused-ring (bicyclic) bond motifs is 1. The van der Waals surface area contributed by atoms with Crippen molar-refractivity contribution in [2.75, 3.05) is 11.9 Å². The number of hydrogen-bond acceptors (Lipinski definition) is 4. The molecule has 0 saturated heterocycles. The number of nitrogens with zero attached hydrogens (tertiary/aromatic N) is 5. The molecule has 140 valence electrons. The molecular weight excluding hydrogens is 340 g/mol. The average Bonchev–Trinajstić information content (AvgIpc) is 3.25. The fraction of sp³-hybridized carbons (Fsp3) is 0.350. The first-order valence-corrected chi connectivity index (χ1v) is 9.25. The fourth-order valence-corrected chi connectivity index (χ4v) is 3.61. The Morgan fingerprint density at radius 1 is 1.30 bits per heavy atom. The molecule has 0 saturated carbocycles. The van der Waals surface area contributed by atoms with Crippen LogP contribution in [-0.2, 0) is 31.4 Å². The topological polar surface area (TPSA) is 68.0 Å². The van der Waals surface area contributed by atoms with Crippen molar-refractivity contribution in [1.82, 2.24) is 24.5 Å². The van der Waals surface area contributed by atoms with Crippen molar-refractivity contribution in [2.24, 2.45) is 7.05 Å². The van der Waals surface area contributed by atoms with Gasteiger partial charge >= 0.3 is 0 Å². The molecule has 0 radical (unpaired) electrons. The number of carbonyl (C=O) groups excluding carboxylic acids is 1. The van der Waals surface area contributed by atoms with E-state index in [4.69, 9.17) is 5.10 Å². The van der Waals surface area contributed by atoms with Crippen molar-refractivity contribution < 1.29 is 4.79 Å². The molecule has 27 heavy (non-hydrogen) atoms. The van der Waals surface area contributed by atoms with E-state index >= 15 is 0 Å². The first-order chi connectivity index (χ1) is 13.0. The van der Waals surface area contributed by atoms with Crippen molar-refractivity contribution in [3.8, 4) is 11.1 Å². The van der Waals surface area contributed by atoms with Gasteiger partial charge in [0.15, 0.2) is 5.82 Å². The third-order valence-corrected chi connectivity index (χ3v) is 5.04. The van der Waals surface area contributed by atoms with Gasteiger partial charge in [-0.25, -0.2) is 0 Å². The van der Waals surface area contributed by atoms with Gasteiger partial charge in [0.05, 0.1) is 12.7 Å². The first-order valence-electron chi connectivity index (χ1n) is 9.25. The van der Waals surface area contributed by atoms with Crippen molar-refractivity contribution >= 4 is 17.4 Å². The number of aryl methyl sites for hydroxylation is 2. The van der Waals surface area contributed by atoms with Crippen LogP contribution in [0.15, 0.2) is 36.7 Å². The van der Waals surface area contributed by atoms with Gasteiger partial charge in [-0.15, -0.1) is 0 Å². The molecule has 3 heterocycles. The van der Waals surface area contributed by atoms with E-state index in [0.29, 0.717) is 6.54 Å². The van der Waals surface area contributed by atoms with Gasteiger partial charge in [0.1, 0.15) is 0 Å². The lowest BCUT2D eigenvalue weighted by molar-refractivity contribution is -0.129. The zero-order chi connectivity index (χ0) is 19.0. The molecule has 0 spiro atoms. The van der Waals surface area contributed by atoms with E-state index in [-0.39, 0.29) is 5.91 Å². The van der Waals surface area contributed by atoms with Crippen LogP contribution in [0.4, 0.5) is 11.5 Å². The number of benzene rings is 1. The van der Waals surface area contributed by atoms with Crippen LogP contribution in [0.3, 0.4) is 0 Å². The lowest BCUT2D eigenvalue weighted by atomic mass is 10.1. The molecule has 0 bridgehead atoms. The molecule has 7 heteroatoms. The Kier molecular flexibility index (Phi) is 4.43. The summed E-state index contributed by atoms with van der Waals surface area (Å²) in [6, 6.07) is 8.22. The van der Waals surface area contributed by atoms with Gasteiger partial charge in [-0.05, 0) is 24.6 Å². The van der Waals surface area contributed by atoms with Crippen molar-refractivity contribution in [2.45, 2.75) is 33.4 Å². The normalized spacial score (nSPS) is 13.5. The lowest BCUT2D eigenvalue weighted by Crippen LogP contribution is -2.34. The van der Waals surface area contributed by atoms with Crippen molar-refractivity contribution in [3.05, 3.63) is 47.9 Å². The highest BCUT2D eigenvalue weighted by Crippen LogP contribution is 2.30. The monoisotopic (exact) mass is 364 g/mol. The fourth-order valence-electron chi connectivity index (χ4n) is 3.61. The summed E-state index contributed by atoms with van der Waals surface area (Å²) in [5, 5.41) is 12.5. The minimum atomic E-state index is 0.106. The molecule has 7 nitrogen and oxygen atoms in total. The van der Waals surface area contributed by atoms with Crippen molar-refractivity contribution in [1.29, 1.82) is 0 Å². The molecule has 1 aromatic carbocycles. The molecule has 0 unspecified atom stereocenters. The molecule has 2 aromatic heterocycles. The third-order valence-electron chi connectivity index (χ3n) is 5.04. The number of rotatable bonds is 4. The zero-order valence-corrected chi connectivity index (χ0v) is 15.9. The van der Waals surface area contributed by atoms with Gasteiger partial charge in [-0.1, -0.05) is 12.1 Å². The third kappa shape index (κ3) is 3.32. The summed E-state index contributed by atoms with van der Waals surface area (Å²) in [6.45, 7) is 5.90. The maximum atomic E-state index is 11.8. The van der Waals surface area contributed by atoms with Gasteiger partial charge in [0, 0.05) is 62.2 Å². The maximum Gasteiger partial charge on any atom is 0.219 e. The number of amides is 1. The average molecular weight is 364 g/mol. The summed E-state index contributed by atoms with van der Waals surface area (Å²) in [5.41, 5.74) is 5.48. The molecule has 1 aliphatic heterocycles. The number of aromatic nitrogens is 4. The van der Waals surface area contributed by atoms with E-state index < -0.39 is 0 Å². The number of carbonyl (C=O) groups is 1. The Balaban J connectivity index is 1.65. The predicted octanol–water partition coefficient (Wildman–Crippen LogP) is 2.95. The van der Waals surface area contributed by atoms with E-state index in [1.54, 1.807) is 11.6 Å². The molecule has 1 N–H and O–H groups in total. The predicted molar refractivity (Wildman–Crippen MR) is 105 cm³/mol.